The Balaban J connectivity index is 1.52. The number of hydrogen-bond acceptors (Lipinski definition) is 2. The fourth-order valence-electron chi connectivity index (χ4n) is 3.69. The monoisotopic (exact) mass is 370 g/mol. The van der Waals surface area contributed by atoms with Crippen molar-refractivity contribution in [1.82, 2.24) is 9.13 Å². The van der Waals surface area contributed by atoms with Crippen LogP contribution >= 0.6 is 0 Å². The molecule has 3 aromatic carbocycles. The van der Waals surface area contributed by atoms with Gasteiger partial charge < -0.3 is 4.74 Å². The van der Waals surface area contributed by atoms with Gasteiger partial charge >= 0.3 is 5.69 Å². The molecule has 0 radical (unpaired) electrons. The van der Waals surface area contributed by atoms with Gasteiger partial charge in [-0.05, 0) is 66.3 Å². The van der Waals surface area contributed by atoms with E-state index in [0.717, 1.165) is 40.2 Å². The Morgan fingerprint density at radius 3 is 2.39 bits per heavy atom. The fraction of sp³-hybridized carbons (Fsp3) is 0.208. The SMILES string of the molecule is Cn1c(=O)n(CC2CC2)c2ccc(-c3cccc(Oc4ccccc4)c3)cc21. The van der Waals surface area contributed by atoms with Gasteiger partial charge in [0.25, 0.3) is 0 Å². The molecule has 5 rings (SSSR count). The van der Waals surface area contributed by atoms with E-state index in [1.807, 2.05) is 60.1 Å². The number of ether oxygens (including phenoxy) is 1. The zero-order valence-corrected chi connectivity index (χ0v) is 15.8. The van der Waals surface area contributed by atoms with E-state index in [2.05, 4.69) is 24.3 Å². The van der Waals surface area contributed by atoms with Gasteiger partial charge in [0.15, 0.2) is 0 Å². The predicted molar refractivity (Wildman–Crippen MR) is 112 cm³/mol. The summed E-state index contributed by atoms with van der Waals surface area (Å²) >= 11 is 0. The van der Waals surface area contributed by atoms with Gasteiger partial charge in [0.2, 0.25) is 0 Å². The number of aromatic nitrogens is 2. The number of nitrogens with zero attached hydrogens (tertiary/aromatic N) is 2. The topological polar surface area (TPSA) is 36.2 Å². The van der Waals surface area contributed by atoms with Gasteiger partial charge in [0.1, 0.15) is 11.5 Å². The van der Waals surface area contributed by atoms with Crippen molar-refractivity contribution in [2.75, 3.05) is 0 Å². The van der Waals surface area contributed by atoms with E-state index in [1.165, 1.54) is 12.8 Å². The lowest BCUT2D eigenvalue weighted by molar-refractivity contribution is 0.483. The summed E-state index contributed by atoms with van der Waals surface area (Å²) in [5.41, 5.74) is 4.19. The highest BCUT2D eigenvalue weighted by molar-refractivity contribution is 5.83. The van der Waals surface area contributed by atoms with Crippen molar-refractivity contribution in [2.24, 2.45) is 13.0 Å². The van der Waals surface area contributed by atoms with Crippen molar-refractivity contribution in [3.8, 4) is 22.6 Å². The Morgan fingerprint density at radius 1 is 0.857 bits per heavy atom. The van der Waals surface area contributed by atoms with Gasteiger partial charge in [0, 0.05) is 13.6 Å². The summed E-state index contributed by atoms with van der Waals surface area (Å²) in [6.07, 6.45) is 2.46. The highest BCUT2D eigenvalue weighted by atomic mass is 16.5. The molecule has 0 N–H and O–H groups in total. The normalized spacial score (nSPS) is 13.8. The summed E-state index contributed by atoms with van der Waals surface area (Å²) in [4.78, 5) is 12.7. The van der Waals surface area contributed by atoms with E-state index in [-0.39, 0.29) is 5.69 Å². The molecule has 4 nitrogen and oxygen atoms in total. The van der Waals surface area contributed by atoms with Gasteiger partial charge in [-0.3, -0.25) is 9.13 Å². The highest BCUT2D eigenvalue weighted by Crippen LogP contribution is 2.32. The summed E-state index contributed by atoms with van der Waals surface area (Å²) in [5, 5.41) is 0. The first kappa shape index (κ1) is 16.9. The standard InChI is InChI=1S/C24H22N2O2/c1-25-23-15-19(12-13-22(23)26(24(25)27)16-17-10-11-17)18-6-5-9-21(14-18)28-20-7-3-2-4-8-20/h2-9,12-15,17H,10-11,16H2,1H3. The maximum absolute atomic E-state index is 12.7. The maximum Gasteiger partial charge on any atom is 0.328 e. The lowest BCUT2D eigenvalue weighted by Gasteiger charge is -2.08. The minimum absolute atomic E-state index is 0.0696. The summed E-state index contributed by atoms with van der Waals surface area (Å²) < 4.78 is 9.64. The Hall–Kier alpha value is -3.27. The van der Waals surface area contributed by atoms with E-state index in [4.69, 9.17) is 4.74 Å². The molecule has 0 unspecified atom stereocenters. The molecule has 0 aliphatic heterocycles. The van der Waals surface area contributed by atoms with Crippen molar-refractivity contribution < 1.29 is 4.74 Å². The second kappa shape index (κ2) is 6.71. The number of aryl methyl sites for hydroxylation is 1. The molecule has 4 aromatic rings. The largest absolute Gasteiger partial charge is 0.457 e. The van der Waals surface area contributed by atoms with Crippen LogP contribution in [0.1, 0.15) is 12.8 Å². The van der Waals surface area contributed by atoms with Gasteiger partial charge in [-0.1, -0.05) is 36.4 Å². The van der Waals surface area contributed by atoms with Crippen LogP contribution in [0, 0.1) is 5.92 Å². The molecular formula is C24H22N2O2. The number of imidazole rings is 1. The second-order valence-corrected chi connectivity index (χ2v) is 7.54. The van der Waals surface area contributed by atoms with Crippen LogP contribution in [-0.2, 0) is 13.6 Å². The highest BCUT2D eigenvalue weighted by Gasteiger charge is 2.24. The van der Waals surface area contributed by atoms with Crippen molar-refractivity contribution in [2.45, 2.75) is 19.4 Å². The number of benzene rings is 3. The molecule has 0 amide bonds. The summed E-state index contributed by atoms with van der Waals surface area (Å²) in [6, 6.07) is 24.1. The van der Waals surface area contributed by atoms with Gasteiger partial charge in [0.05, 0.1) is 11.0 Å². The average Bonchev–Trinajstić information content (AvgIpc) is 3.52. The Labute approximate surface area is 163 Å². The molecule has 1 fully saturated rings. The van der Waals surface area contributed by atoms with Gasteiger partial charge in [-0.15, -0.1) is 0 Å². The third-order valence-electron chi connectivity index (χ3n) is 5.43. The third-order valence-corrected chi connectivity index (χ3v) is 5.43. The molecule has 4 heteroatoms. The first-order chi connectivity index (χ1) is 13.7. The van der Waals surface area contributed by atoms with Crippen LogP contribution in [-0.4, -0.2) is 9.13 Å². The summed E-state index contributed by atoms with van der Waals surface area (Å²) in [6.45, 7) is 0.829. The third kappa shape index (κ3) is 3.11. The molecule has 28 heavy (non-hydrogen) atoms. The molecule has 1 aliphatic carbocycles. The van der Waals surface area contributed by atoms with Crippen LogP contribution in [0.5, 0.6) is 11.5 Å². The average molecular weight is 370 g/mol. The van der Waals surface area contributed by atoms with Crippen LogP contribution < -0.4 is 10.4 Å². The molecular weight excluding hydrogens is 348 g/mol. The van der Waals surface area contributed by atoms with Crippen molar-refractivity contribution in [3.63, 3.8) is 0 Å². The Kier molecular flexibility index (Phi) is 4.05. The fourth-order valence-corrected chi connectivity index (χ4v) is 3.69. The number of hydrogen-bond donors (Lipinski definition) is 0. The van der Waals surface area contributed by atoms with E-state index >= 15 is 0 Å². The zero-order chi connectivity index (χ0) is 19.1. The second-order valence-electron chi connectivity index (χ2n) is 7.54. The van der Waals surface area contributed by atoms with Crippen LogP contribution in [0.4, 0.5) is 0 Å². The minimum Gasteiger partial charge on any atom is -0.457 e. The molecule has 140 valence electrons. The van der Waals surface area contributed by atoms with Crippen LogP contribution in [0.15, 0.2) is 77.6 Å². The van der Waals surface area contributed by atoms with E-state index in [9.17, 15) is 4.79 Å². The predicted octanol–water partition coefficient (Wildman–Crippen LogP) is 5.21. The van der Waals surface area contributed by atoms with Crippen molar-refractivity contribution in [3.05, 3.63) is 83.3 Å². The summed E-state index contributed by atoms with van der Waals surface area (Å²) in [5.74, 6) is 2.27. The number of fused-ring (bicyclic) bond motifs is 1. The van der Waals surface area contributed by atoms with Crippen molar-refractivity contribution in [1.29, 1.82) is 0 Å². The van der Waals surface area contributed by atoms with Crippen LogP contribution in [0.2, 0.25) is 0 Å². The smallest absolute Gasteiger partial charge is 0.328 e. The van der Waals surface area contributed by atoms with E-state index < -0.39 is 0 Å². The zero-order valence-electron chi connectivity index (χ0n) is 15.8. The lowest BCUT2D eigenvalue weighted by atomic mass is 10.0. The lowest BCUT2D eigenvalue weighted by Crippen LogP contribution is -2.22. The van der Waals surface area contributed by atoms with Crippen LogP contribution in [0.25, 0.3) is 22.2 Å². The van der Waals surface area contributed by atoms with E-state index in [0.29, 0.717) is 5.92 Å². The molecule has 0 bridgehead atoms. The number of rotatable bonds is 5. The minimum atomic E-state index is 0.0696. The first-order valence-corrected chi connectivity index (χ1v) is 9.72. The Morgan fingerprint density at radius 2 is 1.61 bits per heavy atom. The molecule has 1 aliphatic rings. The van der Waals surface area contributed by atoms with Gasteiger partial charge in [-0.2, -0.15) is 0 Å². The molecule has 1 heterocycles. The van der Waals surface area contributed by atoms with E-state index in [1.54, 1.807) is 4.57 Å². The molecule has 0 atom stereocenters. The summed E-state index contributed by atoms with van der Waals surface area (Å²) in [7, 11) is 1.85. The van der Waals surface area contributed by atoms with Crippen molar-refractivity contribution >= 4 is 11.0 Å². The molecule has 1 saturated carbocycles. The first-order valence-electron chi connectivity index (χ1n) is 9.72. The molecule has 0 spiro atoms. The van der Waals surface area contributed by atoms with Crippen LogP contribution in [0.3, 0.4) is 0 Å². The molecule has 0 saturated heterocycles. The Bertz CT molecular complexity index is 1200. The maximum atomic E-state index is 12.7. The molecule has 1 aromatic heterocycles. The van der Waals surface area contributed by atoms with Gasteiger partial charge in [-0.25, -0.2) is 4.79 Å². The quantitative estimate of drug-likeness (QED) is 0.483. The number of para-hydroxylation sites is 1.